The van der Waals surface area contributed by atoms with Crippen LogP contribution in [0.25, 0.3) is 21.8 Å². The van der Waals surface area contributed by atoms with Gasteiger partial charge in [0.2, 0.25) is 11.8 Å². The van der Waals surface area contributed by atoms with Crippen LogP contribution in [0.4, 0.5) is 8.78 Å². The summed E-state index contributed by atoms with van der Waals surface area (Å²) < 4.78 is 39.1. The number of nitrogens with zero attached hydrogens (tertiary/aromatic N) is 4. The van der Waals surface area contributed by atoms with Crippen molar-refractivity contribution >= 4 is 45.6 Å². The number of carbonyl (C=O) groups is 4. The van der Waals surface area contributed by atoms with E-state index in [1.54, 1.807) is 26.2 Å². The number of amides is 2. The predicted octanol–water partition coefficient (Wildman–Crippen LogP) is 10.9. The number of fused-ring (bicyclic) bond motifs is 6. The van der Waals surface area contributed by atoms with Crippen LogP contribution >= 0.6 is 0 Å². The first-order valence-corrected chi connectivity index (χ1v) is 24.1. The summed E-state index contributed by atoms with van der Waals surface area (Å²) in [6.07, 6.45) is 2.65. The number of ether oxygens (including phenoxy) is 1. The van der Waals surface area contributed by atoms with Gasteiger partial charge >= 0.3 is 11.9 Å². The Morgan fingerprint density at radius 3 is 1.49 bits per heavy atom. The third-order valence-electron chi connectivity index (χ3n) is 14.6. The lowest BCUT2D eigenvalue weighted by Crippen LogP contribution is -2.39. The van der Waals surface area contributed by atoms with Gasteiger partial charge in [-0.3, -0.25) is 9.59 Å². The fraction of sp³-hybridized carbons (Fsp3) is 0.254. The molecule has 354 valence electrons. The number of hydrogen-bond donors (Lipinski definition) is 0. The lowest BCUT2D eigenvalue weighted by Gasteiger charge is -2.34. The first kappa shape index (κ1) is 46.1. The molecule has 0 radical (unpaired) electrons. The summed E-state index contributed by atoms with van der Waals surface area (Å²) in [4.78, 5) is 60.5. The topological polar surface area (TPSA) is 93.9 Å². The van der Waals surface area contributed by atoms with Gasteiger partial charge in [0, 0.05) is 58.6 Å². The molecular formula is C59H54F2N4O5. The Kier molecular flexibility index (Phi) is 13.0. The molecule has 2 aliphatic carbocycles. The minimum absolute atomic E-state index is 0.00448. The Hall–Kier alpha value is -7.66. The lowest BCUT2D eigenvalue weighted by molar-refractivity contribution is -0.160. The van der Waals surface area contributed by atoms with E-state index in [0.29, 0.717) is 66.9 Å². The zero-order valence-electron chi connectivity index (χ0n) is 39.3. The van der Waals surface area contributed by atoms with Gasteiger partial charge in [0.25, 0.3) is 0 Å². The minimum Gasteiger partial charge on any atom is -0.390 e. The largest absolute Gasteiger partial charge is 0.390 e. The van der Waals surface area contributed by atoms with Gasteiger partial charge in [-0.05, 0) is 115 Å². The summed E-state index contributed by atoms with van der Waals surface area (Å²) in [6, 6.07) is 48.0. The molecule has 11 heteroatoms. The van der Waals surface area contributed by atoms with E-state index in [1.165, 1.54) is 24.3 Å². The standard InChI is InChI=1S/C59H54F2N4O5/c1-38(40-17-9-4-10-18-40)63(35-39-15-7-3-8-16-39)59(69)44-24-28-52-48(32-44)50-34-46(61)26-30-54(50)65(52)37-56(67)70-55(66)36-64-51-27-23-43(31-47(51)49-33-45(60)25-29-53(49)64)58(68)62(2)57(41-19-11-5-12-20-41)42-21-13-6-14-22-42/h3-22,25-26,29-30,33-34,38,43-44,57H,23-24,27-28,31-32,35-37H2,1-2H3. The molecule has 0 bridgehead atoms. The van der Waals surface area contributed by atoms with Crippen molar-refractivity contribution in [3.8, 4) is 0 Å². The van der Waals surface area contributed by atoms with E-state index in [2.05, 4.69) is 0 Å². The molecule has 0 aliphatic heterocycles. The van der Waals surface area contributed by atoms with Crippen molar-refractivity contribution in [2.75, 3.05) is 7.05 Å². The molecule has 8 aromatic rings. The van der Waals surface area contributed by atoms with E-state index in [4.69, 9.17) is 4.74 Å². The molecule has 0 saturated carbocycles. The van der Waals surface area contributed by atoms with Gasteiger partial charge in [0.15, 0.2) is 0 Å². The summed E-state index contributed by atoms with van der Waals surface area (Å²) in [5.41, 5.74) is 8.46. The second kappa shape index (κ2) is 19.7. The van der Waals surface area contributed by atoms with Crippen LogP contribution in [0.15, 0.2) is 158 Å². The summed E-state index contributed by atoms with van der Waals surface area (Å²) in [7, 11) is 1.83. The predicted molar refractivity (Wildman–Crippen MR) is 265 cm³/mol. The van der Waals surface area contributed by atoms with Gasteiger partial charge in [-0.15, -0.1) is 0 Å². The molecule has 0 N–H and O–H groups in total. The molecule has 3 atom stereocenters. The van der Waals surface area contributed by atoms with Gasteiger partial charge < -0.3 is 23.7 Å². The fourth-order valence-corrected chi connectivity index (χ4v) is 11.1. The number of benzene rings is 6. The van der Waals surface area contributed by atoms with Crippen molar-refractivity contribution in [2.45, 2.75) is 77.2 Å². The number of esters is 2. The Balaban J connectivity index is 0.864. The van der Waals surface area contributed by atoms with Crippen molar-refractivity contribution in [1.82, 2.24) is 18.9 Å². The average molecular weight is 937 g/mol. The smallest absolute Gasteiger partial charge is 0.333 e. The molecule has 9 nitrogen and oxygen atoms in total. The molecule has 2 heterocycles. The molecular weight excluding hydrogens is 883 g/mol. The Bertz CT molecular complexity index is 3190. The number of aromatic nitrogens is 2. The van der Waals surface area contributed by atoms with E-state index in [1.807, 2.05) is 140 Å². The van der Waals surface area contributed by atoms with Crippen molar-refractivity contribution in [3.05, 3.63) is 214 Å². The van der Waals surface area contributed by atoms with Crippen LogP contribution in [0.3, 0.4) is 0 Å². The molecule has 6 aromatic carbocycles. The summed E-state index contributed by atoms with van der Waals surface area (Å²) in [6.45, 7) is 1.87. The van der Waals surface area contributed by atoms with Crippen molar-refractivity contribution in [2.24, 2.45) is 11.8 Å². The minimum atomic E-state index is -0.784. The second-order valence-electron chi connectivity index (χ2n) is 18.8. The third kappa shape index (κ3) is 9.16. The van der Waals surface area contributed by atoms with E-state index in [9.17, 15) is 28.0 Å². The SMILES string of the molecule is CC(c1ccccc1)N(Cc1ccccc1)C(=O)C1CCc2c(c3cc(F)ccc3n2CC(=O)OC(=O)Cn2c3c(c4cc(F)ccc42)CC(C(=O)N(C)C(c2ccccc2)c2ccccc2)CC3)C1. The molecule has 2 aromatic heterocycles. The van der Waals surface area contributed by atoms with E-state index in [0.717, 1.165) is 44.8 Å². The Morgan fingerprint density at radius 2 is 1.01 bits per heavy atom. The zero-order chi connectivity index (χ0) is 48.5. The summed E-state index contributed by atoms with van der Waals surface area (Å²) >= 11 is 0. The Labute approximate surface area is 405 Å². The monoisotopic (exact) mass is 936 g/mol. The number of hydrogen-bond acceptors (Lipinski definition) is 5. The summed E-state index contributed by atoms with van der Waals surface area (Å²) in [5, 5.41) is 1.23. The molecule has 2 aliphatic rings. The number of rotatable bonds is 13. The maximum Gasteiger partial charge on any atom is 0.333 e. The van der Waals surface area contributed by atoms with Crippen LogP contribution in [-0.4, -0.2) is 49.7 Å². The van der Waals surface area contributed by atoms with E-state index < -0.39 is 29.5 Å². The Morgan fingerprint density at radius 1 is 0.586 bits per heavy atom. The van der Waals surface area contributed by atoms with Gasteiger partial charge in [-0.1, -0.05) is 121 Å². The quantitative estimate of drug-likeness (QED) is 0.0848. The highest BCUT2D eigenvalue weighted by Gasteiger charge is 2.37. The van der Waals surface area contributed by atoms with Gasteiger partial charge in [0.05, 0.1) is 12.1 Å². The highest BCUT2D eigenvalue weighted by molar-refractivity contribution is 5.93. The maximum atomic E-state index is 15.0. The number of carbonyl (C=O) groups excluding carboxylic acids is 4. The number of halogens is 2. The maximum absolute atomic E-state index is 15.0. The fourth-order valence-electron chi connectivity index (χ4n) is 11.1. The molecule has 0 spiro atoms. The van der Waals surface area contributed by atoms with Crippen molar-refractivity contribution in [3.63, 3.8) is 0 Å². The first-order valence-electron chi connectivity index (χ1n) is 24.1. The highest BCUT2D eigenvalue weighted by atomic mass is 19.1. The van der Waals surface area contributed by atoms with Crippen molar-refractivity contribution < 1.29 is 32.7 Å². The molecule has 3 unspecified atom stereocenters. The first-order chi connectivity index (χ1) is 34.0. The van der Waals surface area contributed by atoms with E-state index >= 15 is 0 Å². The molecule has 0 saturated heterocycles. The summed E-state index contributed by atoms with van der Waals surface area (Å²) in [5.74, 6) is -3.24. The molecule has 2 amide bonds. The van der Waals surface area contributed by atoms with Gasteiger partial charge in [-0.25, -0.2) is 18.4 Å². The lowest BCUT2D eigenvalue weighted by atomic mass is 9.84. The van der Waals surface area contributed by atoms with Crippen LogP contribution in [-0.2, 0) is 69.2 Å². The molecule has 10 rings (SSSR count). The van der Waals surface area contributed by atoms with Crippen LogP contribution < -0.4 is 0 Å². The van der Waals surface area contributed by atoms with E-state index in [-0.39, 0.29) is 42.9 Å². The van der Waals surface area contributed by atoms with Crippen LogP contribution in [0.1, 0.15) is 76.6 Å². The van der Waals surface area contributed by atoms with Gasteiger partial charge in [-0.2, -0.15) is 0 Å². The van der Waals surface area contributed by atoms with Crippen molar-refractivity contribution in [1.29, 1.82) is 0 Å². The second-order valence-corrected chi connectivity index (χ2v) is 18.8. The van der Waals surface area contributed by atoms with Gasteiger partial charge in [0.1, 0.15) is 24.7 Å². The van der Waals surface area contributed by atoms with Crippen LogP contribution in [0.2, 0.25) is 0 Å². The third-order valence-corrected chi connectivity index (χ3v) is 14.6. The van der Waals surface area contributed by atoms with Crippen LogP contribution in [0.5, 0.6) is 0 Å². The molecule has 0 fully saturated rings. The highest BCUT2D eigenvalue weighted by Crippen LogP contribution is 2.39. The normalized spacial score (nSPS) is 15.8. The van der Waals surface area contributed by atoms with Crippen LogP contribution in [0, 0.1) is 23.5 Å². The molecule has 70 heavy (non-hydrogen) atoms. The average Bonchev–Trinajstić information content (AvgIpc) is 3.85. The zero-order valence-corrected chi connectivity index (χ0v) is 39.3.